The lowest BCUT2D eigenvalue weighted by atomic mass is 9.82. The van der Waals surface area contributed by atoms with Crippen LogP contribution in [0.1, 0.15) is 43.0 Å². The fourth-order valence-corrected chi connectivity index (χ4v) is 3.43. The van der Waals surface area contributed by atoms with Gasteiger partial charge in [-0.15, -0.1) is 6.58 Å². The van der Waals surface area contributed by atoms with Crippen LogP contribution in [0.5, 0.6) is 17.2 Å². The summed E-state index contributed by atoms with van der Waals surface area (Å²) in [4.78, 5) is 12.1. The van der Waals surface area contributed by atoms with Crippen LogP contribution < -0.4 is 10.5 Å². The average Bonchev–Trinajstić information content (AvgIpc) is 3.13. The number of carbonyl (C=O) groups is 1. The minimum atomic E-state index is -0.691. The molecule has 1 aliphatic heterocycles. The molecule has 0 saturated carbocycles. The van der Waals surface area contributed by atoms with Crippen molar-refractivity contribution in [3.05, 3.63) is 65.7 Å². The topological polar surface area (TPSA) is 108 Å². The first-order valence-electron chi connectivity index (χ1n) is 9.18. The number of rotatable bonds is 5. The Balaban J connectivity index is 2.09. The minimum Gasteiger partial charge on any atom is -0.508 e. The molecule has 1 heterocycles. The standard InChI is InChI=1S/C22H25N3O4/c1-5-22(2,3)16-10-15(20(29-4)12-19(16)27)18-11-17(24-25(18)21(23)28)13-6-8-14(26)9-7-13/h5-10,12,18,26-27H,1,11H2,2-4H3,(H2,23,28). The molecule has 0 spiro atoms. The molecule has 2 aromatic carbocycles. The highest BCUT2D eigenvalue weighted by atomic mass is 16.5. The van der Waals surface area contributed by atoms with Crippen LogP contribution in [-0.2, 0) is 5.41 Å². The van der Waals surface area contributed by atoms with Crippen molar-refractivity contribution >= 4 is 11.7 Å². The van der Waals surface area contributed by atoms with Gasteiger partial charge in [-0.05, 0) is 35.9 Å². The lowest BCUT2D eigenvalue weighted by molar-refractivity contribution is 0.195. The maximum absolute atomic E-state index is 12.1. The molecule has 3 rings (SSSR count). The van der Waals surface area contributed by atoms with Gasteiger partial charge in [-0.25, -0.2) is 9.80 Å². The van der Waals surface area contributed by atoms with Gasteiger partial charge in [0.1, 0.15) is 17.2 Å². The zero-order chi connectivity index (χ0) is 21.3. The molecule has 4 N–H and O–H groups in total. The summed E-state index contributed by atoms with van der Waals surface area (Å²) in [6.45, 7) is 7.72. The zero-order valence-corrected chi connectivity index (χ0v) is 16.7. The Hall–Kier alpha value is -3.48. The summed E-state index contributed by atoms with van der Waals surface area (Å²) in [7, 11) is 1.50. The lowest BCUT2D eigenvalue weighted by Gasteiger charge is -2.27. The molecule has 0 bridgehead atoms. The third kappa shape index (κ3) is 3.76. The Morgan fingerprint density at radius 2 is 1.97 bits per heavy atom. The van der Waals surface area contributed by atoms with Gasteiger partial charge >= 0.3 is 6.03 Å². The monoisotopic (exact) mass is 395 g/mol. The highest BCUT2D eigenvalue weighted by Crippen LogP contribution is 2.43. The molecule has 0 aromatic heterocycles. The van der Waals surface area contributed by atoms with Crippen LogP contribution in [0.15, 0.2) is 54.2 Å². The van der Waals surface area contributed by atoms with Gasteiger partial charge in [0, 0.05) is 29.0 Å². The van der Waals surface area contributed by atoms with Crippen LogP contribution in [0.25, 0.3) is 0 Å². The first-order valence-corrected chi connectivity index (χ1v) is 9.18. The van der Waals surface area contributed by atoms with Crippen LogP contribution in [0, 0.1) is 0 Å². The third-order valence-corrected chi connectivity index (χ3v) is 5.25. The molecule has 2 aromatic rings. The maximum Gasteiger partial charge on any atom is 0.335 e. The highest BCUT2D eigenvalue weighted by molar-refractivity contribution is 6.03. The number of methoxy groups -OCH3 is 1. The van der Waals surface area contributed by atoms with E-state index in [0.717, 1.165) is 5.56 Å². The number of hydrazone groups is 1. The number of benzene rings is 2. The van der Waals surface area contributed by atoms with Gasteiger partial charge in [-0.3, -0.25) is 0 Å². The Kier molecular flexibility index (Phi) is 5.24. The van der Waals surface area contributed by atoms with E-state index in [9.17, 15) is 15.0 Å². The van der Waals surface area contributed by atoms with Crippen molar-refractivity contribution in [1.29, 1.82) is 0 Å². The molecular formula is C22H25N3O4. The zero-order valence-electron chi connectivity index (χ0n) is 16.7. The number of hydrogen-bond donors (Lipinski definition) is 3. The van der Waals surface area contributed by atoms with E-state index in [1.54, 1.807) is 30.3 Å². The predicted octanol–water partition coefficient (Wildman–Crippen LogP) is 3.80. The van der Waals surface area contributed by atoms with Gasteiger partial charge in [0.05, 0.1) is 18.9 Å². The van der Waals surface area contributed by atoms with Gasteiger partial charge in [-0.2, -0.15) is 5.10 Å². The molecular weight excluding hydrogens is 370 g/mol. The second kappa shape index (κ2) is 7.50. The van der Waals surface area contributed by atoms with Crippen LogP contribution in [0.2, 0.25) is 0 Å². The first-order chi connectivity index (χ1) is 13.7. The molecule has 1 aliphatic rings. The summed E-state index contributed by atoms with van der Waals surface area (Å²) < 4.78 is 5.48. The summed E-state index contributed by atoms with van der Waals surface area (Å²) in [5, 5.41) is 25.7. The molecule has 1 unspecified atom stereocenters. The fraction of sp³-hybridized carbons (Fsp3) is 0.273. The van der Waals surface area contributed by atoms with Crippen LogP contribution >= 0.6 is 0 Å². The van der Waals surface area contributed by atoms with Crippen molar-refractivity contribution < 1.29 is 19.7 Å². The summed E-state index contributed by atoms with van der Waals surface area (Å²) >= 11 is 0. The predicted molar refractivity (Wildman–Crippen MR) is 111 cm³/mol. The van der Waals surface area contributed by atoms with Crippen molar-refractivity contribution in [2.24, 2.45) is 10.8 Å². The maximum atomic E-state index is 12.1. The smallest absolute Gasteiger partial charge is 0.335 e. The molecule has 1 atom stereocenters. The van der Waals surface area contributed by atoms with Gasteiger partial charge in [-0.1, -0.05) is 19.9 Å². The number of allylic oxidation sites excluding steroid dienone is 1. The van der Waals surface area contributed by atoms with Crippen LogP contribution in [-0.4, -0.2) is 34.1 Å². The lowest BCUT2D eigenvalue weighted by Crippen LogP contribution is -2.32. The Morgan fingerprint density at radius 1 is 1.31 bits per heavy atom. The van der Waals surface area contributed by atoms with Crippen molar-refractivity contribution in [1.82, 2.24) is 5.01 Å². The average molecular weight is 395 g/mol. The number of aromatic hydroxyl groups is 2. The van der Waals surface area contributed by atoms with E-state index < -0.39 is 17.5 Å². The van der Waals surface area contributed by atoms with E-state index in [4.69, 9.17) is 10.5 Å². The summed E-state index contributed by atoms with van der Waals surface area (Å²) in [6, 6.07) is 8.75. The molecule has 0 aliphatic carbocycles. The molecule has 0 saturated heterocycles. The summed E-state index contributed by atoms with van der Waals surface area (Å²) in [5.41, 5.74) is 7.88. The third-order valence-electron chi connectivity index (χ3n) is 5.25. The van der Waals surface area contributed by atoms with E-state index in [2.05, 4.69) is 11.7 Å². The molecule has 0 fully saturated rings. The fourth-order valence-electron chi connectivity index (χ4n) is 3.43. The van der Waals surface area contributed by atoms with Crippen molar-refractivity contribution in [3.63, 3.8) is 0 Å². The van der Waals surface area contributed by atoms with Crippen molar-refractivity contribution in [3.8, 4) is 17.2 Å². The Bertz CT molecular complexity index is 980. The van der Waals surface area contributed by atoms with Crippen LogP contribution in [0.3, 0.4) is 0 Å². The molecule has 7 nitrogen and oxygen atoms in total. The molecule has 29 heavy (non-hydrogen) atoms. The number of phenolic OH excluding ortho intramolecular Hbond substituents is 2. The van der Waals surface area contributed by atoms with Crippen molar-refractivity contribution in [2.75, 3.05) is 7.11 Å². The number of carbonyl (C=O) groups excluding carboxylic acids is 1. The molecule has 152 valence electrons. The van der Waals surface area contributed by atoms with Gasteiger partial charge < -0.3 is 20.7 Å². The number of hydrogen-bond acceptors (Lipinski definition) is 5. The summed E-state index contributed by atoms with van der Waals surface area (Å²) in [5.74, 6) is 0.662. The quantitative estimate of drug-likeness (QED) is 0.669. The number of phenols is 2. The second-order valence-corrected chi connectivity index (χ2v) is 7.53. The van der Waals surface area contributed by atoms with E-state index in [-0.39, 0.29) is 11.5 Å². The number of nitrogens with two attached hydrogens (primary N) is 1. The molecule has 2 amide bonds. The number of nitrogens with zero attached hydrogens (tertiary/aromatic N) is 2. The molecule has 0 radical (unpaired) electrons. The number of ether oxygens (including phenoxy) is 1. The number of primary amides is 1. The van der Waals surface area contributed by atoms with E-state index in [0.29, 0.717) is 29.0 Å². The SMILES string of the molecule is C=CC(C)(C)c1cc(C2CC(c3ccc(O)cc3)=NN2C(N)=O)c(OC)cc1O. The summed E-state index contributed by atoms with van der Waals surface area (Å²) in [6.07, 6.45) is 2.15. The minimum absolute atomic E-state index is 0.0822. The molecule has 7 heteroatoms. The second-order valence-electron chi connectivity index (χ2n) is 7.53. The number of amides is 2. The van der Waals surface area contributed by atoms with Crippen LogP contribution in [0.4, 0.5) is 4.79 Å². The highest BCUT2D eigenvalue weighted by Gasteiger charge is 2.35. The Labute approximate surface area is 169 Å². The van der Waals surface area contributed by atoms with E-state index in [1.165, 1.54) is 18.2 Å². The normalized spacial score (nSPS) is 16.4. The van der Waals surface area contributed by atoms with Gasteiger partial charge in [0.25, 0.3) is 0 Å². The largest absolute Gasteiger partial charge is 0.508 e. The van der Waals surface area contributed by atoms with Crippen molar-refractivity contribution in [2.45, 2.75) is 31.7 Å². The number of urea groups is 1. The van der Waals surface area contributed by atoms with Gasteiger partial charge in [0.2, 0.25) is 0 Å². The first kappa shape index (κ1) is 20.3. The van der Waals surface area contributed by atoms with E-state index in [1.807, 2.05) is 19.9 Å². The van der Waals surface area contributed by atoms with E-state index >= 15 is 0 Å². The van der Waals surface area contributed by atoms with Gasteiger partial charge in [0.15, 0.2) is 0 Å². The Morgan fingerprint density at radius 3 is 2.52 bits per heavy atom.